The van der Waals surface area contributed by atoms with Crippen molar-refractivity contribution in [3.63, 3.8) is 0 Å². The molecule has 0 saturated heterocycles. The maximum atomic E-state index is 13.1. The van der Waals surface area contributed by atoms with Crippen LogP contribution in [0, 0.1) is 0 Å². The van der Waals surface area contributed by atoms with Crippen LogP contribution >= 0.6 is 0 Å². The molecule has 0 aliphatic heterocycles. The normalized spacial score (nSPS) is 15.1. The SMILES string of the molecule is CC(O)C(NC(=O)C(N)CCC(N)=O)C(=O)NC(Cc1c[nH]c2ccccc12)C(=O)NC(CO)C(=O)O. The van der Waals surface area contributed by atoms with E-state index in [1.54, 1.807) is 30.5 Å². The van der Waals surface area contributed by atoms with Gasteiger partial charge in [-0.3, -0.25) is 19.2 Å². The molecular formula is C23H32N6O8. The van der Waals surface area contributed by atoms with Crippen LogP contribution in [0.15, 0.2) is 30.5 Å². The number of nitrogens with one attached hydrogen (secondary N) is 4. The van der Waals surface area contributed by atoms with Gasteiger partial charge in [0.1, 0.15) is 18.1 Å². The Morgan fingerprint density at radius 1 is 1.00 bits per heavy atom. The van der Waals surface area contributed by atoms with E-state index in [0.29, 0.717) is 5.56 Å². The van der Waals surface area contributed by atoms with Crippen LogP contribution in [0.25, 0.3) is 10.9 Å². The zero-order chi connectivity index (χ0) is 27.7. The molecule has 5 unspecified atom stereocenters. The lowest BCUT2D eigenvalue weighted by Crippen LogP contribution is -2.60. The highest BCUT2D eigenvalue weighted by atomic mass is 16.4. The number of aliphatic hydroxyl groups is 2. The van der Waals surface area contributed by atoms with Crippen molar-refractivity contribution in [3.05, 3.63) is 36.0 Å². The van der Waals surface area contributed by atoms with Crippen LogP contribution in [0.3, 0.4) is 0 Å². The Kier molecular flexibility index (Phi) is 10.5. The smallest absolute Gasteiger partial charge is 0.328 e. The van der Waals surface area contributed by atoms with Crippen molar-refractivity contribution >= 4 is 40.5 Å². The number of amides is 4. The second kappa shape index (κ2) is 13.3. The van der Waals surface area contributed by atoms with Gasteiger partial charge in [-0.2, -0.15) is 0 Å². The van der Waals surface area contributed by atoms with Crippen LogP contribution in [0.5, 0.6) is 0 Å². The number of carbonyl (C=O) groups excluding carboxylic acids is 4. The summed E-state index contributed by atoms with van der Waals surface area (Å²) in [4.78, 5) is 63.7. The average molecular weight is 521 g/mol. The molecule has 14 nitrogen and oxygen atoms in total. The van der Waals surface area contributed by atoms with Gasteiger partial charge in [-0.1, -0.05) is 18.2 Å². The number of hydrogen-bond acceptors (Lipinski definition) is 8. The first-order valence-corrected chi connectivity index (χ1v) is 11.5. The van der Waals surface area contributed by atoms with Gasteiger partial charge in [-0.15, -0.1) is 0 Å². The Hall–Kier alpha value is -4.01. The summed E-state index contributed by atoms with van der Waals surface area (Å²) in [6.45, 7) is 0.352. The molecule has 1 heterocycles. The monoisotopic (exact) mass is 520 g/mol. The number of hydrogen-bond donors (Lipinski definition) is 9. The number of para-hydroxylation sites is 1. The number of carboxylic acid groups (broad SMARTS) is 1. The number of primary amides is 1. The van der Waals surface area contributed by atoms with Gasteiger partial charge >= 0.3 is 5.97 Å². The highest BCUT2D eigenvalue weighted by Gasteiger charge is 2.32. The molecule has 37 heavy (non-hydrogen) atoms. The van der Waals surface area contributed by atoms with Crippen LogP contribution in [0.1, 0.15) is 25.3 Å². The Bertz CT molecular complexity index is 1130. The van der Waals surface area contributed by atoms with E-state index in [1.165, 1.54) is 6.92 Å². The number of nitrogens with two attached hydrogens (primary N) is 2. The summed E-state index contributed by atoms with van der Waals surface area (Å²) in [5.74, 6) is -4.82. The number of aromatic amines is 1. The van der Waals surface area contributed by atoms with Crippen LogP contribution in [-0.2, 0) is 30.4 Å². The minimum Gasteiger partial charge on any atom is -0.480 e. The number of benzene rings is 1. The van der Waals surface area contributed by atoms with Crippen molar-refractivity contribution in [1.82, 2.24) is 20.9 Å². The predicted molar refractivity (Wildman–Crippen MR) is 131 cm³/mol. The van der Waals surface area contributed by atoms with Crippen LogP contribution in [0.4, 0.5) is 0 Å². The number of aliphatic carboxylic acids is 1. The van der Waals surface area contributed by atoms with E-state index in [9.17, 15) is 39.3 Å². The third-order valence-corrected chi connectivity index (χ3v) is 5.63. The fourth-order valence-corrected chi connectivity index (χ4v) is 3.54. The first kappa shape index (κ1) is 29.2. The minimum absolute atomic E-state index is 0.0847. The summed E-state index contributed by atoms with van der Waals surface area (Å²) in [5, 5.41) is 36.2. The molecule has 11 N–H and O–H groups in total. The molecule has 0 bridgehead atoms. The molecule has 2 rings (SSSR count). The standard InChI is InChI=1S/C23H32N6O8/c1-11(31)19(29-20(33)14(24)6-7-18(25)32)22(35)27-16(21(34)28-17(10-30)23(36)37)8-12-9-26-15-5-3-2-4-13(12)15/h2-5,9,11,14,16-17,19,26,30-31H,6-8,10,24H2,1H3,(H2,25,32)(H,27,35)(H,28,34)(H,29,33)(H,36,37). The van der Waals surface area contributed by atoms with Crippen molar-refractivity contribution in [2.75, 3.05) is 6.61 Å². The number of aliphatic hydroxyl groups excluding tert-OH is 2. The van der Waals surface area contributed by atoms with E-state index in [0.717, 1.165) is 10.9 Å². The molecule has 5 atom stereocenters. The third kappa shape index (κ3) is 8.27. The van der Waals surface area contributed by atoms with E-state index in [-0.39, 0.29) is 19.3 Å². The topological polar surface area (TPSA) is 250 Å². The summed E-state index contributed by atoms with van der Waals surface area (Å²) in [5.41, 5.74) is 12.2. The maximum Gasteiger partial charge on any atom is 0.328 e. The summed E-state index contributed by atoms with van der Waals surface area (Å²) >= 11 is 0. The van der Waals surface area contributed by atoms with Gasteiger partial charge in [0.25, 0.3) is 0 Å². The number of rotatable bonds is 14. The molecule has 4 amide bonds. The molecule has 202 valence electrons. The van der Waals surface area contributed by atoms with E-state index in [1.807, 2.05) is 0 Å². The highest BCUT2D eigenvalue weighted by Crippen LogP contribution is 2.19. The predicted octanol–water partition coefficient (Wildman–Crippen LogP) is -2.78. The first-order chi connectivity index (χ1) is 17.4. The fourth-order valence-electron chi connectivity index (χ4n) is 3.54. The Balaban J connectivity index is 2.25. The van der Waals surface area contributed by atoms with Gasteiger partial charge in [-0.05, 0) is 25.0 Å². The van der Waals surface area contributed by atoms with Crippen LogP contribution in [0.2, 0.25) is 0 Å². The first-order valence-electron chi connectivity index (χ1n) is 11.5. The molecule has 0 spiro atoms. The van der Waals surface area contributed by atoms with Crippen molar-refractivity contribution in [3.8, 4) is 0 Å². The number of carbonyl (C=O) groups is 5. The molecule has 1 aromatic carbocycles. The Morgan fingerprint density at radius 3 is 2.24 bits per heavy atom. The zero-order valence-electron chi connectivity index (χ0n) is 20.1. The highest BCUT2D eigenvalue weighted by molar-refractivity contribution is 5.95. The van der Waals surface area contributed by atoms with E-state index < -0.39 is 66.5 Å². The molecule has 0 aliphatic rings. The summed E-state index contributed by atoms with van der Waals surface area (Å²) in [6.07, 6.45) is -0.115. The van der Waals surface area contributed by atoms with Gasteiger partial charge in [0.2, 0.25) is 23.6 Å². The van der Waals surface area contributed by atoms with Gasteiger partial charge in [0.05, 0.1) is 18.8 Å². The molecular weight excluding hydrogens is 488 g/mol. The lowest BCUT2D eigenvalue weighted by molar-refractivity contribution is -0.143. The quantitative estimate of drug-likeness (QED) is 0.125. The van der Waals surface area contributed by atoms with Crippen molar-refractivity contribution in [2.45, 2.75) is 56.5 Å². The number of H-pyrrole nitrogens is 1. The maximum absolute atomic E-state index is 13.1. The molecule has 14 heteroatoms. The average Bonchev–Trinajstić information content (AvgIpc) is 3.25. The molecule has 0 aliphatic carbocycles. The number of fused-ring (bicyclic) bond motifs is 1. The van der Waals surface area contributed by atoms with E-state index in [2.05, 4.69) is 20.9 Å². The summed E-state index contributed by atoms with van der Waals surface area (Å²) in [6, 6.07) is 1.49. The van der Waals surface area contributed by atoms with Crippen LogP contribution < -0.4 is 27.4 Å². The van der Waals surface area contributed by atoms with E-state index in [4.69, 9.17) is 11.5 Å². The second-order valence-electron chi connectivity index (χ2n) is 8.55. The van der Waals surface area contributed by atoms with Gasteiger partial charge in [0, 0.05) is 29.9 Å². The Labute approximate surface area is 211 Å². The van der Waals surface area contributed by atoms with Gasteiger partial charge < -0.3 is 47.7 Å². The molecule has 0 fully saturated rings. The van der Waals surface area contributed by atoms with Crippen molar-refractivity contribution in [1.29, 1.82) is 0 Å². The number of carboxylic acids is 1. The van der Waals surface area contributed by atoms with Crippen LogP contribution in [-0.4, -0.2) is 86.8 Å². The van der Waals surface area contributed by atoms with Crippen molar-refractivity contribution < 1.29 is 39.3 Å². The minimum atomic E-state index is -1.62. The lowest BCUT2D eigenvalue weighted by atomic mass is 10.0. The summed E-state index contributed by atoms with van der Waals surface area (Å²) in [7, 11) is 0. The van der Waals surface area contributed by atoms with E-state index >= 15 is 0 Å². The Morgan fingerprint density at radius 2 is 1.65 bits per heavy atom. The summed E-state index contributed by atoms with van der Waals surface area (Å²) < 4.78 is 0. The molecule has 0 radical (unpaired) electrons. The molecule has 0 saturated carbocycles. The molecule has 1 aromatic heterocycles. The van der Waals surface area contributed by atoms with Gasteiger partial charge in [-0.25, -0.2) is 4.79 Å². The number of aromatic nitrogens is 1. The zero-order valence-corrected chi connectivity index (χ0v) is 20.1. The second-order valence-corrected chi connectivity index (χ2v) is 8.55. The third-order valence-electron chi connectivity index (χ3n) is 5.63. The van der Waals surface area contributed by atoms with Gasteiger partial charge in [0.15, 0.2) is 0 Å². The fraction of sp³-hybridized carbons (Fsp3) is 0.435. The molecule has 2 aromatic rings. The lowest BCUT2D eigenvalue weighted by Gasteiger charge is -2.26. The van der Waals surface area contributed by atoms with Crippen molar-refractivity contribution in [2.24, 2.45) is 11.5 Å². The largest absolute Gasteiger partial charge is 0.480 e.